The van der Waals surface area contributed by atoms with Crippen molar-refractivity contribution in [2.45, 2.75) is 26.8 Å². The number of nitrogens with one attached hydrogen (secondary N) is 1. The van der Waals surface area contributed by atoms with Crippen LogP contribution < -0.4 is 10.1 Å². The lowest BCUT2D eigenvalue weighted by Gasteiger charge is -2.07. The summed E-state index contributed by atoms with van der Waals surface area (Å²) in [4.78, 5) is 9.83. The summed E-state index contributed by atoms with van der Waals surface area (Å²) in [6, 6.07) is 3.89. The Hall–Kier alpha value is -1.46. The molecular weight excluding hydrogens is 258 g/mol. The van der Waals surface area contributed by atoms with E-state index < -0.39 is 0 Å². The SMILES string of the molecule is CCNCc1cc(OCCc2scnc2C)ccn1. The third-order valence-electron chi connectivity index (χ3n) is 2.79. The Morgan fingerprint density at radius 3 is 3.00 bits per heavy atom. The van der Waals surface area contributed by atoms with Gasteiger partial charge < -0.3 is 10.1 Å². The second kappa shape index (κ2) is 7.21. The van der Waals surface area contributed by atoms with Crippen molar-refractivity contribution in [2.75, 3.05) is 13.2 Å². The van der Waals surface area contributed by atoms with Gasteiger partial charge in [-0.25, -0.2) is 4.98 Å². The molecule has 0 aliphatic carbocycles. The molecule has 0 unspecified atom stereocenters. The number of hydrogen-bond donors (Lipinski definition) is 1. The highest BCUT2D eigenvalue weighted by atomic mass is 32.1. The van der Waals surface area contributed by atoms with Crippen LogP contribution in [-0.2, 0) is 13.0 Å². The van der Waals surface area contributed by atoms with Crippen LogP contribution in [0.3, 0.4) is 0 Å². The van der Waals surface area contributed by atoms with Crippen LogP contribution >= 0.6 is 11.3 Å². The molecule has 0 bridgehead atoms. The van der Waals surface area contributed by atoms with Crippen molar-refractivity contribution in [1.29, 1.82) is 0 Å². The molecule has 2 heterocycles. The normalized spacial score (nSPS) is 10.6. The number of aryl methyl sites for hydroxylation is 1. The molecule has 5 heteroatoms. The van der Waals surface area contributed by atoms with Crippen molar-refractivity contribution < 1.29 is 4.74 Å². The second-order valence-electron chi connectivity index (χ2n) is 4.22. The summed E-state index contributed by atoms with van der Waals surface area (Å²) in [6.45, 7) is 6.51. The molecule has 0 aromatic carbocycles. The molecule has 2 aromatic rings. The highest BCUT2D eigenvalue weighted by molar-refractivity contribution is 7.09. The van der Waals surface area contributed by atoms with Gasteiger partial charge in [0.2, 0.25) is 0 Å². The Morgan fingerprint density at radius 2 is 2.26 bits per heavy atom. The zero-order valence-corrected chi connectivity index (χ0v) is 12.2. The molecule has 0 aliphatic rings. The van der Waals surface area contributed by atoms with Crippen molar-refractivity contribution in [2.24, 2.45) is 0 Å². The zero-order valence-electron chi connectivity index (χ0n) is 11.3. The molecule has 0 saturated heterocycles. The fraction of sp³-hybridized carbons (Fsp3) is 0.429. The zero-order chi connectivity index (χ0) is 13.5. The highest BCUT2D eigenvalue weighted by Crippen LogP contribution is 2.15. The smallest absolute Gasteiger partial charge is 0.122 e. The molecule has 0 fully saturated rings. The first-order valence-electron chi connectivity index (χ1n) is 6.47. The van der Waals surface area contributed by atoms with Gasteiger partial charge in [-0.2, -0.15) is 0 Å². The Kier molecular flexibility index (Phi) is 5.30. The van der Waals surface area contributed by atoms with E-state index in [9.17, 15) is 0 Å². The van der Waals surface area contributed by atoms with Gasteiger partial charge in [-0.1, -0.05) is 6.92 Å². The van der Waals surface area contributed by atoms with Gasteiger partial charge in [-0.05, 0) is 19.5 Å². The molecule has 1 N–H and O–H groups in total. The minimum atomic E-state index is 0.674. The summed E-state index contributed by atoms with van der Waals surface area (Å²) in [5.41, 5.74) is 4.00. The van der Waals surface area contributed by atoms with Crippen LogP contribution in [0.2, 0.25) is 0 Å². The molecular formula is C14H19N3OS. The van der Waals surface area contributed by atoms with E-state index in [-0.39, 0.29) is 0 Å². The van der Waals surface area contributed by atoms with E-state index in [1.165, 1.54) is 4.88 Å². The maximum atomic E-state index is 5.77. The van der Waals surface area contributed by atoms with Crippen LogP contribution in [0.4, 0.5) is 0 Å². The van der Waals surface area contributed by atoms with Crippen molar-refractivity contribution >= 4 is 11.3 Å². The molecule has 4 nitrogen and oxygen atoms in total. The van der Waals surface area contributed by atoms with Gasteiger partial charge in [0.25, 0.3) is 0 Å². The lowest BCUT2D eigenvalue weighted by atomic mass is 10.3. The number of rotatable bonds is 7. The Labute approximate surface area is 117 Å². The van der Waals surface area contributed by atoms with Crippen LogP contribution in [0, 0.1) is 6.92 Å². The third kappa shape index (κ3) is 4.29. The van der Waals surface area contributed by atoms with Crippen LogP contribution in [0.5, 0.6) is 5.75 Å². The number of nitrogens with zero attached hydrogens (tertiary/aromatic N) is 2. The summed E-state index contributed by atoms with van der Waals surface area (Å²) in [6.07, 6.45) is 2.70. The number of aromatic nitrogens is 2. The first-order valence-corrected chi connectivity index (χ1v) is 7.35. The topological polar surface area (TPSA) is 47.0 Å². The van der Waals surface area contributed by atoms with Gasteiger partial charge in [-0.3, -0.25) is 4.98 Å². The average Bonchev–Trinajstić information content (AvgIpc) is 2.83. The lowest BCUT2D eigenvalue weighted by molar-refractivity contribution is 0.322. The Bertz CT molecular complexity index is 513. The van der Waals surface area contributed by atoms with E-state index in [1.54, 1.807) is 17.5 Å². The number of hydrogen-bond acceptors (Lipinski definition) is 5. The third-order valence-corrected chi connectivity index (χ3v) is 3.78. The molecule has 19 heavy (non-hydrogen) atoms. The molecule has 0 aliphatic heterocycles. The fourth-order valence-corrected chi connectivity index (χ4v) is 2.49. The maximum Gasteiger partial charge on any atom is 0.122 e. The van der Waals surface area contributed by atoms with Crippen molar-refractivity contribution in [3.05, 3.63) is 40.1 Å². The van der Waals surface area contributed by atoms with Crippen molar-refractivity contribution in [1.82, 2.24) is 15.3 Å². The van der Waals surface area contributed by atoms with Gasteiger partial charge in [-0.15, -0.1) is 11.3 Å². The molecule has 2 rings (SSSR count). The Morgan fingerprint density at radius 1 is 1.37 bits per heavy atom. The second-order valence-corrected chi connectivity index (χ2v) is 5.16. The molecule has 0 amide bonds. The van der Waals surface area contributed by atoms with E-state index in [1.807, 2.05) is 24.6 Å². The molecule has 0 spiro atoms. The summed E-state index contributed by atoms with van der Waals surface area (Å²) >= 11 is 1.69. The minimum Gasteiger partial charge on any atom is -0.493 e. The molecule has 0 saturated carbocycles. The maximum absolute atomic E-state index is 5.77. The number of thiazole rings is 1. The first-order chi connectivity index (χ1) is 9.29. The number of pyridine rings is 1. The lowest BCUT2D eigenvalue weighted by Crippen LogP contribution is -2.13. The molecule has 0 atom stereocenters. The quantitative estimate of drug-likeness (QED) is 0.845. The van der Waals surface area contributed by atoms with E-state index >= 15 is 0 Å². The van der Waals surface area contributed by atoms with Crippen LogP contribution in [0.25, 0.3) is 0 Å². The monoisotopic (exact) mass is 277 g/mol. The van der Waals surface area contributed by atoms with Gasteiger partial charge in [0.1, 0.15) is 5.75 Å². The standard InChI is InChI=1S/C14H19N3OS/c1-3-15-9-12-8-13(4-6-16-12)18-7-5-14-11(2)17-10-19-14/h4,6,8,10,15H,3,5,7,9H2,1-2H3. The minimum absolute atomic E-state index is 0.674. The first kappa shape index (κ1) is 14.0. The predicted molar refractivity (Wildman–Crippen MR) is 77.7 cm³/mol. The van der Waals surface area contributed by atoms with E-state index in [0.717, 1.165) is 36.6 Å². The summed E-state index contributed by atoms with van der Waals surface area (Å²) in [5.74, 6) is 0.880. The summed E-state index contributed by atoms with van der Waals surface area (Å²) < 4.78 is 5.77. The average molecular weight is 277 g/mol. The highest BCUT2D eigenvalue weighted by Gasteiger charge is 2.02. The molecule has 0 radical (unpaired) electrons. The van der Waals surface area contributed by atoms with Crippen LogP contribution in [-0.4, -0.2) is 23.1 Å². The van der Waals surface area contributed by atoms with Gasteiger partial charge in [0, 0.05) is 30.1 Å². The van der Waals surface area contributed by atoms with Gasteiger partial charge in [0.05, 0.1) is 23.5 Å². The summed E-state index contributed by atoms with van der Waals surface area (Å²) in [7, 11) is 0. The number of ether oxygens (including phenoxy) is 1. The Balaban J connectivity index is 1.84. The van der Waals surface area contributed by atoms with E-state index in [4.69, 9.17) is 4.74 Å². The summed E-state index contributed by atoms with van der Waals surface area (Å²) in [5, 5.41) is 3.25. The largest absolute Gasteiger partial charge is 0.493 e. The van der Waals surface area contributed by atoms with Gasteiger partial charge >= 0.3 is 0 Å². The van der Waals surface area contributed by atoms with E-state index in [0.29, 0.717) is 6.61 Å². The van der Waals surface area contributed by atoms with Gasteiger partial charge in [0.15, 0.2) is 0 Å². The fourth-order valence-electron chi connectivity index (χ4n) is 1.72. The van der Waals surface area contributed by atoms with Crippen LogP contribution in [0.1, 0.15) is 23.2 Å². The molecule has 2 aromatic heterocycles. The van der Waals surface area contributed by atoms with Crippen molar-refractivity contribution in [3.63, 3.8) is 0 Å². The molecule has 102 valence electrons. The predicted octanol–water partition coefficient (Wildman–Crippen LogP) is 2.58. The van der Waals surface area contributed by atoms with Crippen LogP contribution in [0.15, 0.2) is 23.8 Å². The van der Waals surface area contributed by atoms with E-state index in [2.05, 4.69) is 22.2 Å². The van der Waals surface area contributed by atoms with Crippen molar-refractivity contribution in [3.8, 4) is 5.75 Å².